The highest BCUT2D eigenvalue weighted by molar-refractivity contribution is 5.29. The van der Waals surface area contributed by atoms with Crippen molar-refractivity contribution in [1.29, 1.82) is 0 Å². The van der Waals surface area contributed by atoms with Gasteiger partial charge in [-0.15, -0.1) is 0 Å². The summed E-state index contributed by atoms with van der Waals surface area (Å²) in [6.45, 7) is 2.82. The highest BCUT2D eigenvalue weighted by atomic mass is 16.8. The second kappa shape index (κ2) is 3.13. The maximum absolute atomic E-state index is 5.31. The zero-order valence-corrected chi connectivity index (χ0v) is 8.04. The molecular weight excluding hydrogens is 164 g/mol. The van der Waals surface area contributed by atoms with Crippen LogP contribution in [-0.4, -0.2) is 13.7 Å². The second-order valence-electron chi connectivity index (χ2n) is 3.30. The first-order valence-corrected chi connectivity index (χ1v) is 4.59. The van der Waals surface area contributed by atoms with Gasteiger partial charge < -0.3 is 9.47 Å². The maximum Gasteiger partial charge on any atom is 0.219 e. The lowest BCUT2D eigenvalue weighted by atomic mass is 10.1. The van der Waals surface area contributed by atoms with Crippen LogP contribution >= 0.6 is 0 Å². The van der Waals surface area contributed by atoms with Gasteiger partial charge in [0, 0.05) is 12.7 Å². The summed E-state index contributed by atoms with van der Waals surface area (Å²) in [4.78, 5) is 0. The molecule has 0 N–H and O–H groups in total. The molecule has 1 atom stereocenters. The Kier molecular flexibility index (Phi) is 2.10. The summed E-state index contributed by atoms with van der Waals surface area (Å²) in [5, 5.41) is 0. The van der Waals surface area contributed by atoms with Crippen LogP contribution in [0.25, 0.3) is 0 Å². The molecule has 2 rings (SSSR count). The van der Waals surface area contributed by atoms with Crippen molar-refractivity contribution in [2.45, 2.75) is 19.1 Å². The summed E-state index contributed by atoms with van der Waals surface area (Å²) >= 11 is 0. The van der Waals surface area contributed by atoms with Crippen LogP contribution in [0.1, 0.15) is 18.1 Å². The Balaban J connectivity index is 2.30. The lowest BCUT2D eigenvalue weighted by molar-refractivity contribution is -0.0139. The maximum atomic E-state index is 5.31. The molecule has 1 aromatic carbocycles. The van der Waals surface area contributed by atoms with Crippen molar-refractivity contribution >= 4 is 0 Å². The van der Waals surface area contributed by atoms with Gasteiger partial charge in [0.2, 0.25) is 5.79 Å². The topological polar surface area (TPSA) is 21.8 Å². The Morgan fingerprint density at radius 2 is 2.31 bits per heavy atom. The van der Waals surface area contributed by atoms with E-state index in [0.717, 1.165) is 12.0 Å². The van der Waals surface area contributed by atoms with Gasteiger partial charge in [-0.05, 0) is 12.0 Å². The first-order valence-electron chi connectivity index (χ1n) is 4.59. The molecule has 0 bridgehead atoms. The first kappa shape index (κ1) is 8.73. The average Bonchev–Trinajstić information content (AvgIpc) is 2.99. The van der Waals surface area contributed by atoms with E-state index in [1.165, 1.54) is 5.56 Å². The summed E-state index contributed by atoms with van der Waals surface area (Å²) < 4.78 is 10.6. The molecule has 1 unspecified atom stereocenters. The van der Waals surface area contributed by atoms with Crippen molar-refractivity contribution < 1.29 is 9.47 Å². The van der Waals surface area contributed by atoms with Crippen LogP contribution in [0.3, 0.4) is 0 Å². The SMILES string of the molecule is CCc1cccc(C2(OC)CO2)c1. The van der Waals surface area contributed by atoms with E-state index in [4.69, 9.17) is 9.47 Å². The third-order valence-corrected chi connectivity index (χ3v) is 2.51. The van der Waals surface area contributed by atoms with Gasteiger partial charge in [-0.3, -0.25) is 0 Å². The van der Waals surface area contributed by atoms with Gasteiger partial charge in [-0.25, -0.2) is 0 Å². The van der Waals surface area contributed by atoms with Crippen LogP contribution in [0.4, 0.5) is 0 Å². The summed E-state index contributed by atoms with van der Waals surface area (Å²) in [5.74, 6) is -0.425. The zero-order chi connectivity index (χ0) is 9.31. The second-order valence-corrected chi connectivity index (χ2v) is 3.30. The van der Waals surface area contributed by atoms with Crippen molar-refractivity contribution in [2.75, 3.05) is 13.7 Å². The van der Waals surface area contributed by atoms with E-state index in [1.807, 2.05) is 0 Å². The Morgan fingerprint density at radius 1 is 1.54 bits per heavy atom. The van der Waals surface area contributed by atoms with Crippen LogP contribution in [0.15, 0.2) is 24.3 Å². The molecule has 0 aliphatic carbocycles. The Hall–Kier alpha value is -0.860. The molecule has 0 aromatic heterocycles. The molecule has 1 fully saturated rings. The van der Waals surface area contributed by atoms with Crippen LogP contribution in [0.5, 0.6) is 0 Å². The molecular formula is C11H14O2. The quantitative estimate of drug-likeness (QED) is 0.661. The molecule has 0 amide bonds. The summed E-state index contributed by atoms with van der Waals surface area (Å²) in [6.07, 6.45) is 1.05. The number of aryl methyl sites for hydroxylation is 1. The Labute approximate surface area is 78.5 Å². The third-order valence-electron chi connectivity index (χ3n) is 2.51. The molecule has 1 heterocycles. The van der Waals surface area contributed by atoms with Crippen LogP contribution in [0, 0.1) is 0 Å². The molecule has 1 aliphatic heterocycles. The number of benzene rings is 1. The summed E-state index contributed by atoms with van der Waals surface area (Å²) in [6, 6.07) is 8.37. The molecule has 1 aromatic rings. The Morgan fingerprint density at radius 3 is 2.85 bits per heavy atom. The molecule has 1 saturated heterocycles. The lowest BCUT2D eigenvalue weighted by Crippen LogP contribution is -2.11. The van der Waals surface area contributed by atoms with Gasteiger partial charge in [0.25, 0.3) is 0 Å². The zero-order valence-electron chi connectivity index (χ0n) is 8.04. The van der Waals surface area contributed by atoms with Gasteiger partial charge in [-0.1, -0.05) is 31.2 Å². The first-order chi connectivity index (χ1) is 6.30. The molecule has 2 heteroatoms. The fourth-order valence-electron chi connectivity index (χ4n) is 1.50. The van der Waals surface area contributed by atoms with Gasteiger partial charge in [0.15, 0.2) is 0 Å². The molecule has 13 heavy (non-hydrogen) atoms. The van der Waals surface area contributed by atoms with Crippen molar-refractivity contribution in [3.05, 3.63) is 35.4 Å². The number of ether oxygens (including phenoxy) is 2. The third kappa shape index (κ3) is 1.47. The summed E-state index contributed by atoms with van der Waals surface area (Å²) in [7, 11) is 1.69. The van der Waals surface area contributed by atoms with E-state index >= 15 is 0 Å². The number of methoxy groups -OCH3 is 1. The van der Waals surface area contributed by atoms with E-state index in [-0.39, 0.29) is 0 Å². The monoisotopic (exact) mass is 178 g/mol. The molecule has 2 nitrogen and oxygen atoms in total. The predicted octanol–water partition coefficient (Wildman–Crippen LogP) is 2.08. The van der Waals surface area contributed by atoms with Crippen molar-refractivity contribution in [3.63, 3.8) is 0 Å². The number of hydrogen-bond acceptors (Lipinski definition) is 2. The highest BCUT2D eigenvalue weighted by Crippen LogP contribution is 2.39. The molecule has 0 spiro atoms. The predicted molar refractivity (Wildman–Crippen MR) is 50.5 cm³/mol. The highest BCUT2D eigenvalue weighted by Gasteiger charge is 2.47. The molecule has 1 aliphatic rings. The Bertz CT molecular complexity index is 303. The minimum atomic E-state index is -0.425. The minimum absolute atomic E-state index is 0.425. The number of hydrogen-bond donors (Lipinski definition) is 0. The van der Waals surface area contributed by atoms with E-state index in [0.29, 0.717) is 6.61 Å². The molecule has 0 radical (unpaired) electrons. The van der Waals surface area contributed by atoms with Gasteiger partial charge >= 0.3 is 0 Å². The van der Waals surface area contributed by atoms with Crippen molar-refractivity contribution in [3.8, 4) is 0 Å². The lowest BCUT2D eigenvalue weighted by Gasteiger charge is -2.10. The van der Waals surface area contributed by atoms with Crippen LogP contribution < -0.4 is 0 Å². The van der Waals surface area contributed by atoms with Gasteiger partial charge in [-0.2, -0.15) is 0 Å². The van der Waals surface area contributed by atoms with E-state index < -0.39 is 5.79 Å². The van der Waals surface area contributed by atoms with Crippen molar-refractivity contribution in [1.82, 2.24) is 0 Å². The van der Waals surface area contributed by atoms with E-state index in [2.05, 4.69) is 31.2 Å². The van der Waals surface area contributed by atoms with Gasteiger partial charge in [0.05, 0.1) is 0 Å². The smallest absolute Gasteiger partial charge is 0.219 e. The average molecular weight is 178 g/mol. The van der Waals surface area contributed by atoms with Gasteiger partial charge in [0.1, 0.15) is 6.61 Å². The summed E-state index contributed by atoms with van der Waals surface area (Å²) in [5.41, 5.74) is 2.46. The van der Waals surface area contributed by atoms with E-state index in [1.54, 1.807) is 7.11 Å². The molecule has 0 saturated carbocycles. The largest absolute Gasteiger partial charge is 0.347 e. The standard InChI is InChI=1S/C11H14O2/c1-3-9-5-4-6-10(7-9)11(12-2)8-13-11/h4-7H,3,8H2,1-2H3. The van der Waals surface area contributed by atoms with E-state index in [9.17, 15) is 0 Å². The number of rotatable bonds is 3. The molecule has 70 valence electrons. The van der Waals surface area contributed by atoms with Crippen LogP contribution in [0.2, 0.25) is 0 Å². The number of epoxide rings is 1. The fraction of sp³-hybridized carbons (Fsp3) is 0.455. The van der Waals surface area contributed by atoms with Crippen LogP contribution in [-0.2, 0) is 21.7 Å². The van der Waals surface area contributed by atoms with Crippen molar-refractivity contribution in [2.24, 2.45) is 0 Å². The normalized spacial score (nSPS) is 26.0. The minimum Gasteiger partial charge on any atom is -0.347 e. The fourth-order valence-corrected chi connectivity index (χ4v) is 1.50.